The standard InChI is InChI=1S/C15H21BrO/c1-12-4-5-13(2)14(8-12)9-15(10-16)6-3-7-17-11-15/h4-5,8H,3,6-7,9-11H2,1-2H3. The lowest BCUT2D eigenvalue weighted by molar-refractivity contribution is 0.00608. The van der Waals surface area contributed by atoms with Gasteiger partial charge in [-0.2, -0.15) is 0 Å². The first-order valence-electron chi connectivity index (χ1n) is 6.35. The van der Waals surface area contributed by atoms with Crippen LogP contribution >= 0.6 is 15.9 Å². The Bertz CT molecular complexity index is 381. The Hall–Kier alpha value is -0.340. The number of alkyl halides is 1. The maximum absolute atomic E-state index is 5.69. The van der Waals surface area contributed by atoms with E-state index in [4.69, 9.17) is 4.74 Å². The minimum Gasteiger partial charge on any atom is -0.381 e. The van der Waals surface area contributed by atoms with E-state index in [0.29, 0.717) is 5.41 Å². The van der Waals surface area contributed by atoms with Gasteiger partial charge in [0.2, 0.25) is 0 Å². The average molecular weight is 297 g/mol. The van der Waals surface area contributed by atoms with Gasteiger partial charge in [0.05, 0.1) is 6.61 Å². The zero-order valence-electron chi connectivity index (χ0n) is 10.8. The maximum atomic E-state index is 5.69. The van der Waals surface area contributed by atoms with E-state index >= 15 is 0 Å². The van der Waals surface area contributed by atoms with Gasteiger partial charge in [-0.3, -0.25) is 0 Å². The van der Waals surface area contributed by atoms with Crippen LogP contribution in [0.3, 0.4) is 0 Å². The lowest BCUT2D eigenvalue weighted by Gasteiger charge is -2.36. The lowest BCUT2D eigenvalue weighted by Crippen LogP contribution is -2.35. The molecule has 1 heterocycles. The summed E-state index contributed by atoms with van der Waals surface area (Å²) in [5.41, 5.74) is 4.54. The predicted molar refractivity (Wildman–Crippen MR) is 75.9 cm³/mol. The van der Waals surface area contributed by atoms with Gasteiger partial charge in [0, 0.05) is 17.4 Å². The van der Waals surface area contributed by atoms with Gasteiger partial charge in [0.25, 0.3) is 0 Å². The summed E-state index contributed by atoms with van der Waals surface area (Å²) in [5, 5.41) is 1.04. The molecule has 1 aliphatic rings. The molecular weight excluding hydrogens is 276 g/mol. The molecule has 17 heavy (non-hydrogen) atoms. The van der Waals surface area contributed by atoms with Crippen molar-refractivity contribution in [3.05, 3.63) is 34.9 Å². The first-order chi connectivity index (χ1) is 8.15. The van der Waals surface area contributed by atoms with Gasteiger partial charge in [0.15, 0.2) is 0 Å². The molecule has 0 spiro atoms. The highest BCUT2D eigenvalue weighted by molar-refractivity contribution is 9.09. The first-order valence-corrected chi connectivity index (χ1v) is 7.47. The van der Waals surface area contributed by atoms with Gasteiger partial charge >= 0.3 is 0 Å². The molecule has 0 radical (unpaired) electrons. The van der Waals surface area contributed by atoms with Gasteiger partial charge in [-0.15, -0.1) is 0 Å². The zero-order valence-corrected chi connectivity index (χ0v) is 12.3. The van der Waals surface area contributed by atoms with Gasteiger partial charge in [0.1, 0.15) is 0 Å². The van der Waals surface area contributed by atoms with Crippen molar-refractivity contribution in [3.63, 3.8) is 0 Å². The number of ether oxygens (including phenoxy) is 1. The van der Waals surface area contributed by atoms with Crippen LogP contribution in [0.25, 0.3) is 0 Å². The Kier molecular flexibility index (Phi) is 4.26. The summed E-state index contributed by atoms with van der Waals surface area (Å²) in [7, 11) is 0. The Morgan fingerprint density at radius 3 is 2.82 bits per heavy atom. The third kappa shape index (κ3) is 3.11. The smallest absolute Gasteiger partial charge is 0.0533 e. The molecule has 94 valence electrons. The number of hydrogen-bond donors (Lipinski definition) is 0. The van der Waals surface area contributed by atoms with E-state index < -0.39 is 0 Å². The van der Waals surface area contributed by atoms with Gasteiger partial charge < -0.3 is 4.74 Å². The summed E-state index contributed by atoms with van der Waals surface area (Å²) in [5.74, 6) is 0. The van der Waals surface area contributed by atoms with Crippen molar-refractivity contribution in [2.75, 3.05) is 18.5 Å². The van der Waals surface area contributed by atoms with Crippen molar-refractivity contribution in [3.8, 4) is 0 Å². The topological polar surface area (TPSA) is 9.23 Å². The number of rotatable bonds is 3. The summed E-state index contributed by atoms with van der Waals surface area (Å²) in [4.78, 5) is 0. The van der Waals surface area contributed by atoms with Crippen LogP contribution in [0.2, 0.25) is 0 Å². The van der Waals surface area contributed by atoms with E-state index in [1.807, 2.05) is 0 Å². The van der Waals surface area contributed by atoms with Crippen molar-refractivity contribution >= 4 is 15.9 Å². The summed E-state index contributed by atoms with van der Waals surface area (Å²) < 4.78 is 5.69. The van der Waals surface area contributed by atoms with E-state index in [1.54, 1.807) is 0 Å². The fraction of sp³-hybridized carbons (Fsp3) is 0.600. The van der Waals surface area contributed by atoms with Crippen molar-refractivity contribution in [1.29, 1.82) is 0 Å². The molecule has 0 aromatic heterocycles. The molecule has 1 aromatic carbocycles. The van der Waals surface area contributed by atoms with Crippen LogP contribution in [0, 0.1) is 19.3 Å². The summed E-state index contributed by atoms with van der Waals surface area (Å²) in [6.07, 6.45) is 3.59. The van der Waals surface area contributed by atoms with E-state index in [1.165, 1.54) is 29.5 Å². The molecule has 0 saturated carbocycles. The van der Waals surface area contributed by atoms with Crippen LogP contribution < -0.4 is 0 Å². The average Bonchev–Trinajstić information content (AvgIpc) is 2.35. The molecule has 2 rings (SSSR count). The molecule has 1 atom stereocenters. The van der Waals surface area contributed by atoms with Crippen LogP contribution in [0.15, 0.2) is 18.2 Å². The molecule has 1 aliphatic heterocycles. The lowest BCUT2D eigenvalue weighted by atomic mass is 9.78. The molecule has 1 fully saturated rings. The fourth-order valence-corrected chi connectivity index (χ4v) is 3.24. The minimum absolute atomic E-state index is 0.302. The number of hydrogen-bond acceptors (Lipinski definition) is 1. The quantitative estimate of drug-likeness (QED) is 0.765. The molecule has 0 N–H and O–H groups in total. The Morgan fingerprint density at radius 2 is 2.18 bits per heavy atom. The molecular formula is C15H21BrO. The van der Waals surface area contributed by atoms with Crippen LogP contribution in [0.1, 0.15) is 29.5 Å². The number of benzene rings is 1. The molecule has 1 aromatic rings. The summed E-state index contributed by atoms with van der Waals surface area (Å²) in [6, 6.07) is 6.75. The molecule has 2 heteroatoms. The number of aryl methyl sites for hydroxylation is 2. The highest BCUT2D eigenvalue weighted by atomic mass is 79.9. The van der Waals surface area contributed by atoms with E-state index in [-0.39, 0.29) is 0 Å². The molecule has 1 unspecified atom stereocenters. The van der Waals surface area contributed by atoms with Gasteiger partial charge in [-0.1, -0.05) is 39.7 Å². The predicted octanol–water partition coefficient (Wildman–Crippen LogP) is 4.04. The Morgan fingerprint density at radius 1 is 1.35 bits per heavy atom. The van der Waals surface area contributed by atoms with Crippen LogP contribution in [-0.4, -0.2) is 18.5 Å². The maximum Gasteiger partial charge on any atom is 0.0533 e. The van der Waals surface area contributed by atoms with Crippen LogP contribution in [0.5, 0.6) is 0 Å². The zero-order chi connectivity index (χ0) is 12.3. The van der Waals surface area contributed by atoms with Crippen molar-refractivity contribution < 1.29 is 4.74 Å². The second-order valence-corrected chi connectivity index (χ2v) is 5.96. The fourth-order valence-electron chi connectivity index (χ4n) is 2.60. The van der Waals surface area contributed by atoms with Gasteiger partial charge in [-0.25, -0.2) is 0 Å². The molecule has 1 saturated heterocycles. The van der Waals surface area contributed by atoms with Crippen molar-refractivity contribution in [2.24, 2.45) is 5.41 Å². The van der Waals surface area contributed by atoms with E-state index in [0.717, 1.165) is 25.0 Å². The summed E-state index contributed by atoms with van der Waals surface area (Å²) in [6.45, 7) is 6.20. The van der Waals surface area contributed by atoms with Crippen LogP contribution in [-0.2, 0) is 11.2 Å². The van der Waals surface area contributed by atoms with Crippen molar-refractivity contribution in [2.45, 2.75) is 33.1 Å². The summed E-state index contributed by atoms with van der Waals surface area (Å²) >= 11 is 3.69. The second-order valence-electron chi connectivity index (χ2n) is 5.40. The van der Waals surface area contributed by atoms with Crippen molar-refractivity contribution in [1.82, 2.24) is 0 Å². The second kappa shape index (κ2) is 5.53. The third-order valence-electron chi connectivity index (χ3n) is 3.76. The minimum atomic E-state index is 0.302. The van der Waals surface area contributed by atoms with E-state index in [9.17, 15) is 0 Å². The van der Waals surface area contributed by atoms with Gasteiger partial charge in [-0.05, 0) is 44.2 Å². The van der Waals surface area contributed by atoms with Crippen LogP contribution in [0.4, 0.5) is 0 Å². The molecule has 0 aliphatic carbocycles. The largest absolute Gasteiger partial charge is 0.381 e. The Balaban J connectivity index is 2.20. The highest BCUT2D eigenvalue weighted by Crippen LogP contribution is 2.35. The molecule has 1 nitrogen and oxygen atoms in total. The normalized spacial score (nSPS) is 24.9. The monoisotopic (exact) mass is 296 g/mol. The highest BCUT2D eigenvalue weighted by Gasteiger charge is 2.32. The van der Waals surface area contributed by atoms with E-state index in [2.05, 4.69) is 48.0 Å². The first kappa shape index (κ1) is 13.1. The SMILES string of the molecule is Cc1ccc(C)c(CC2(CBr)CCCOC2)c1. The Labute approximate surface area is 113 Å². The molecule has 0 amide bonds. The third-order valence-corrected chi connectivity index (χ3v) is 4.95. The molecule has 0 bridgehead atoms. The number of halogens is 1.